The third kappa shape index (κ3) is 4.09. The van der Waals surface area contributed by atoms with Crippen LogP contribution in [0.4, 0.5) is 4.79 Å². The molecule has 1 aliphatic rings. The van der Waals surface area contributed by atoms with Crippen molar-refractivity contribution in [2.45, 2.75) is 45.6 Å². The number of carboxylic acid groups (broad SMARTS) is 1. The second-order valence-electron chi connectivity index (χ2n) is 5.61. The molecule has 0 spiro atoms. The van der Waals surface area contributed by atoms with Gasteiger partial charge in [-0.15, -0.1) is 0 Å². The fraction of sp³-hybridized carbons (Fsp3) is 0.786. The van der Waals surface area contributed by atoms with Gasteiger partial charge in [0, 0.05) is 20.1 Å². The fourth-order valence-electron chi connectivity index (χ4n) is 2.75. The third-order valence-corrected chi connectivity index (χ3v) is 4.17. The van der Waals surface area contributed by atoms with Crippen molar-refractivity contribution in [2.24, 2.45) is 5.41 Å². The van der Waals surface area contributed by atoms with E-state index in [1.807, 2.05) is 6.92 Å². The highest BCUT2D eigenvalue weighted by Gasteiger charge is 2.41. The second-order valence-corrected chi connectivity index (χ2v) is 5.61. The number of nitrogens with one attached hydrogen (secondary N) is 2. The average Bonchev–Trinajstić information content (AvgIpc) is 2.46. The lowest BCUT2D eigenvalue weighted by Crippen LogP contribution is -2.53. The topological polar surface area (TPSA) is 98.7 Å². The summed E-state index contributed by atoms with van der Waals surface area (Å²) in [6.45, 7) is 4.38. The van der Waals surface area contributed by atoms with Gasteiger partial charge in [-0.05, 0) is 26.2 Å². The molecule has 1 saturated heterocycles. The highest BCUT2D eigenvalue weighted by Crippen LogP contribution is 2.36. The lowest BCUT2D eigenvalue weighted by atomic mass is 9.75. The van der Waals surface area contributed by atoms with Gasteiger partial charge in [-0.2, -0.15) is 0 Å². The Bertz CT molecular complexity index is 403. The summed E-state index contributed by atoms with van der Waals surface area (Å²) in [5.74, 6) is -1.03. The molecule has 0 aromatic rings. The van der Waals surface area contributed by atoms with E-state index in [4.69, 9.17) is 0 Å². The van der Waals surface area contributed by atoms with E-state index in [0.717, 1.165) is 6.42 Å². The number of amides is 3. The molecule has 0 aromatic heterocycles. The number of hydrogen-bond donors (Lipinski definition) is 3. The molecule has 1 unspecified atom stereocenters. The largest absolute Gasteiger partial charge is 0.481 e. The average molecular weight is 299 g/mol. The summed E-state index contributed by atoms with van der Waals surface area (Å²) >= 11 is 0. The molecule has 1 atom stereocenters. The van der Waals surface area contributed by atoms with Gasteiger partial charge in [0.1, 0.15) is 6.04 Å². The molecular formula is C14H25N3O4. The molecule has 1 heterocycles. The number of likely N-dealkylation sites (N-methyl/N-ethyl adjacent to an activating group) is 1. The van der Waals surface area contributed by atoms with Crippen LogP contribution in [0, 0.1) is 5.41 Å². The van der Waals surface area contributed by atoms with Crippen molar-refractivity contribution in [2.75, 3.05) is 20.1 Å². The molecule has 1 rings (SSSR count). The first-order valence-electron chi connectivity index (χ1n) is 7.36. The quantitative estimate of drug-likeness (QED) is 0.699. The zero-order valence-electron chi connectivity index (χ0n) is 12.9. The van der Waals surface area contributed by atoms with Crippen molar-refractivity contribution in [3.05, 3.63) is 0 Å². The van der Waals surface area contributed by atoms with Crippen molar-refractivity contribution in [3.63, 3.8) is 0 Å². The van der Waals surface area contributed by atoms with Crippen LogP contribution in [0.3, 0.4) is 0 Å². The Morgan fingerprint density at radius 2 is 1.86 bits per heavy atom. The predicted molar refractivity (Wildman–Crippen MR) is 77.8 cm³/mol. The van der Waals surface area contributed by atoms with Crippen LogP contribution in [0.15, 0.2) is 0 Å². The Hall–Kier alpha value is -1.79. The summed E-state index contributed by atoms with van der Waals surface area (Å²) in [4.78, 5) is 36.5. The second kappa shape index (κ2) is 7.28. The first kappa shape index (κ1) is 17.3. The molecule has 1 fully saturated rings. The van der Waals surface area contributed by atoms with Gasteiger partial charge in [0.15, 0.2) is 0 Å². The molecule has 1 aliphatic heterocycles. The highest BCUT2D eigenvalue weighted by atomic mass is 16.4. The van der Waals surface area contributed by atoms with E-state index in [1.165, 1.54) is 7.05 Å². The number of rotatable bonds is 5. The first-order valence-corrected chi connectivity index (χ1v) is 7.36. The molecule has 3 N–H and O–H groups in total. The summed E-state index contributed by atoms with van der Waals surface area (Å²) in [5, 5.41) is 14.5. The Morgan fingerprint density at radius 3 is 2.29 bits per heavy atom. The van der Waals surface area contributed by atoms with Gasteiger partial charge in [-0.3, -0.25) is 9.59 Å². The van der Waals surface area contributed by atoms with E-state index in [2.05, 4.69) is 10.6 Å². The predicted octanol–water partition coefficient (Wildman–Crippen LogP) is 0.797. The number of piperidine rings is 1. The number of likely N-dealkylation sites (tertiary alicyclic amines) is 1. The fourth-order valence-corrected chi connectivity index (χ4v) is 2.75. The molecule has 0 aromatic carbocycles. The molecular weight excluding hydrogens is 274 g/mol. The van der Waals surface area contributed by atoms with Crippen LogP contribution in [-0.2, 0) is 9.59 Å². The van der Waals surface area contributed by atoms with Crippen LogP contribution in [0.1, 0.15) is 39.5 Å². The molecule has 3 amide bonds. The van der Waals surface area contributed by atoms with E-state index in [9.17, 15) is 19.5 Å². The van der Waals surface area contributed by atoms with E-state index < -0.39 is 17.4 Å². The number of carbonyl (C=O) groups excluding carboxylic acids is 2. The number of nitrogens with zero attached hydrogens (tertiary/aromatic N) is 1. The first-order chi connectivity index (χ1) is 9.86. The zero-order valence-corrected chi connectivity index (χ0v) is 12.9. The maximum atomic E-state index is 12.1. The number of urea groups is 1. The number of carbonyl (C=O) groups is 3. The van der Waals surface area contributed by atoms with Crippen LogP contribution in [0.25, 0.3) is 0 Å². The lowest BCUT2D eigenvalue weighted by Gasteiger charge is -2.39. The van der Waals surface area contributed by atoms with Crippen LogP contribution in [-0.4, -0.2) is 54.1 Å². The van der Waals surface area contributed by atoms with Crippen molar-refractivity contribution in [1.82, 2.24) is 15.5 Å². The number of carboxylic acids is 1. The van der Waals surface area contributed by atoms with Crippen LogP contribution in [0.5, 0.6) is 0 Å². The molecule has 21 heavy (non-hydrogen) atoms. The van der Waals surface area contributed by atoms with Gasteiger partial charge in [-0.1, -0.05) is 13.3 Å². The number of aliphatic carboxylic acids is 1. The van der Waals surface area contributed by atoms with Gasteiger partial charge >= 0.3 is 12.0 Å². The monoisotopic (exact) mass is 299 g/mol. The summed E-state index contributed by atoms with van der Waals surface area (Å²) < 4.78 is 0. The Kier molecular flexibility index (Phi) is 5.99. The molecule has 0 radical (unpaired) electrons. The number of hydrogen-bond acceptors (Lipinski definition) is 3. The highest BCUT2D eigenvalue weighted by molar-refractivity contribution is 5.86. The van der Waals surface area contributed by atoms with Gasteiger partial charge < -0.3 is 20.6 Å². The molecule has 7 heteroatoms. The molecule has 0 bridgehead atoms. The van der Waals surface area contributed by atoms with E-state index in [-0.39, 0.29) is 11.9 Å². The lowest BCUT2D eigenvalue weighted by molar-refractivity contribution is -0.152. The molecule has 120 valence electrons. The van der Waals surface area contributed by atoms with Crippen molar-refractivity contribution < 1.29 is 19.5 Å². The molecule has 7 nitrogen and oxygen atoms in total. The third-order valence-electron chi connectivity index (χ3n) is 4.17. The smallest absolute Gasteiger partial charge is 0.318 e. The van der Waals surface area contributed by atoms with Gasteiger partial charge in [-0.25, -0.2) is 4.79 Å². The summed E-state index contributed by atoms with van der Waals surface area (Å²) in [7, 11) is 1.51. The maximum Gasteiger partial charge on any atom is 0.318 e. The standard InChI is InChI=1S/C14H25N3O4/c1-4-5-14(12(19)20)6-8-17(9-7-14)13(21)16-10(2)11(18)15-3/h10H,4-9H2,1-3H3,(H,15,18)(H,16,21)(H,19,20). The minimum Gasteiger partial charge on any atom is -0.481 e. The van der Waals surface area contributed by atoms with E-state index >= 15 is 0 Å². The van der Waals surface area contributed by atoms with Crippen LogP contribution < -0.4 is 10.6 Å². The minimum absolute atomic E-state index is 0.258. The SMILES string of the molecule is CCCC1(C(=O)O)CCN(C(=O)NC(C)C(=O)NC)CC1. The maximum absolute atomic E-state index is 12.1. The van der Waals surface area contributed by atoms with E-state index in [0.29, 0.717) is 32.4 Å². The Morgan fingerprint density at radius 1 is 1.29 bits per heavy atom. The Labute approximate surface area is 125 Å². The van der Waals surface area contributed by atoms with Crippen molar-refractivity contribution in [3.8, 4) is 0 Å². The minimum atomic E-state index is -0.775. The van der Waals surface area contributed by atoms with Crippen LogP contribution in [0.2, 0.25) is 0 Å². The summed E-state index contributed by atoms with van der Waals surface area (Å²) in [5.41, 5.74) is -0.710. The van der Waals surface area contributed by atoms with Gasteiger partial charge in [0.2, 0.25) is 5.91 Å². The zero-order chi connectivity index (χ0) is 16.0. The molecule has 0 saturated carbocycles. The summed E-state index contributed by atoms with van der Waals surface area (Å²) in [6.07, 6.45) is 2.36. The van der Waals surface area contributed by atoms with Gasteiger partial charge in [0.25, 0.3) is 0 Å². The normalized spacial score (nSPS) is 18.7. The van der Waals surface area contributed by atoms with Crippen molar-refractivity contribution in [1.29, 1.82) is 0 Å². The van der Waals surface area contributed by atoms with Crippen LogP contribution >= 0.6 is 0 Å². The summed E-state index contributed by atoms with van der Waals surface area (Å²) in [6, 6.07) is -0.925. The van der Waals surface area contributed by atoms with E-state index in [1.54, 1.807) is 11.8 Å². The molecule has 0 aliphatic carbocycles. The van der Waals surface area contributed by atoms with Crippen molar-refractivity contribution >= 4 is 17.9 Å². The Balaban J connectivity index is 2.57. The van der Waals surface area contributed by atoms with Gasteiger partial charge in [0.05, 0.1) is 5.41 Å².